The van der Waals surface area contributed by atoms with Gasteiger partial charge in [0.2, 0.25) is 0 Å². The maximum absolute atomic E-state index is 11.1. The van der Waals surface area contributed by atoms with E-state index < -0.39 is 5.97 Å². The molecule has 2 rings (SSSR count). The third kappa shape index (κ3) is 3.19. The summed E-state index contributed by atoms with van der Waals surface area (Å²) in [5, 5.41) is 9.13. The van der Waals surface area contributed by atoms with Gasteiger partial charge in [-0.2, -0.15) is 0 Å². The molecule has 19 heavy (non-hydrogen) atoms. The molecule has 3 nitrogen and oxygen atoms in total. The molecular weight excluding hydrogens is 238 g/mol. The van der Waals surface area contributed by atoms with E-state index in [0.29, 0.717) is 0 Å². The van der Waals surface area contributed by atoms with Crippen molar-refractivity contribution in [1.82, 2.24) is 4.98 Å². The summed E-state index contributed by atoms with van der Waals surface area (Å²) in [6.45, 7) is 4.10. The minimum Gasteiger partial charge on any atom is -0.477 e. The summed E-state index contributed by atoms with van der Waals surface area (Å²) in [6, 6.07) is 11.6. The van der Waals surface area contributed by atoms with Crippen molar-refractivity contribution in [3.63, 3.8) is 0 Å². The fourth-order valence-corrected chi connectivity index (χ4v) is 2.00. The van der Waals surface area contributed by atoms with Crippen molar-refractivity contribution in [2.75, 3.05) is 0 Å². The summed E-state index contributed by atoms with van der Waals surface area (Å²) < 4.78 is 0. The lowest BCUT2D eigenvalue weighted by Crippen LogP contribution is -2.03. The Balaban J connectivity index is 2.49. The van der Waals surface area contributed by atoms with Crippen LogP contribution in [0.25, 0.3) is 11.3 Å². The Labute approximate surface area is 112 Å². The lowest BCUT2D eigenvalue weighted by Gasteiger charge is -2.07. The van der Waals surface area contributed by atoms with Gasteiger partial charge in [0.1, 0.15) is 5.69 Å². The molecule has 0 atom stereocenters. The van der Waals surface area contributed by atoms with E-state index in [2.05, 4.69) is 11.9 Å². The number of nitrogens with zero attached hydrogens (tertiary/aromatic N) is 1. The van der Waals surface area contributed by atoms with Gasteiger partial charge in [-0.15, -0.1) is 0 Å². The van der Waals surface area contributed by atoms with Crippen LogP contribution < -0.4 is 0 Å². The predicted octanol–water partition coefficient (Wildman–Crippen LogP) is 3.71. The minimum absolute atomic E-state index is 0.113. The highest BCUT2D eigenvalue weighted by molar-refractivity contribution is 5.86. The van der Waals surface area contributed by atoms with Gasteiger partial charge in [0, 0.05) is 5.56 Å². The van der Waals surface area contributed by atoms with Gasteiger partial charge in [-0.3, -0.25) is 0 Å². The standard InChI is InChI=1S/C16H17NO2/c1-3-4-12-9-14(17-15(10-12)16(18)19)13-7-5-11(2)6-8-13/h5-10H,3-4H2,1-2H3,(H,18,19). The quantitative estimate of drug-likeness (QED) is 0.906. The van der Waals surface area contributed by atoms with Gasteiger partial charge >= 0.3 is 5.97 Å². The van der Waals surface area contributed by atoms with Crippen LogP contribution in [0.3, 0.4) is 0 Å². The number of carbonyl (C=O) groups is 1. The molecule has 1 aromatic carbocycles. The zero-order chi connectivity index (χ0) is 13.8. The van der Waals surface area contributed by atoms with Gasteiger partial charge < -0.3 is 5.11 Å². The van der Waals surface area contributed by atoms with Crippen molar-refractivity contribution in [2.45, 2.75) is 26.7 Å². The number of benzene rings is 1. The van der Waals surface area contributed by atoms with Crippen molar-refractivity contribution in [1.29, 1.82) is 0 Å². The van der Waals surface area contributed by atoms with E-state index in [4.69, 9.17) is 5.11 Å². The first-order chi connectivity index (χ1) is 9.10. The van der Waals surface area contributed by atoms with E-state index in [1.54, 1.807) is 6.07 Å². The molecule has 1 heterocycles. The number of pyridine rings is 1. The molecule has 98 valence electrons. The Kier molecular flexibility index (Phi) is 3.95. The van der Waals surface area contributed by atoms with Crippen LogP contribution >= 0.6 is 0 Å². The highest BCUT2D eigenvalue weighted by Crippen LogP contribution is 2.20. The molecule has 0 unspecified atom stereocenters. The average Bonchev–Trinajstić information content (AvgIpc) is 2.39. The zero-order valence-corrected chi connectivity index (χ0v) is 11.2. The monoisotopic (exact) mass is 255 g/mol. The van der Waals surface area contributed by atoms with Gasteiger partial charge in [0.15, 0.2) is 0 Å². The van der Waals surface area contributed by atoms with Crippen molar-refractivity contribution in [3.8, 4) is 11.3 Å². The molecule has 0 fully saturated rings. The highest BCUT2D eigenvalue weighted by atomic mass is 16.4. The summed E-state index contributed by atoms with van der Waals surface area (Å²) in [7, 11) is 0. The second-order valence-electron chi connectivity index (χ2n) is 4.67. The second-order valence-corrected chi connectivity index (χ2v) is 4.67. The van der Waals surface area contributed by atoms with E-state index >= 15 is 0 Å². The first kappa shape index (κ1) is 13.3. The number of aromatic nitrogens is 1. The number of hydrogen-bond acceptors (Lipinski definition) is 2. The van der Waals surface area contributed by atoms with Crippen molar-refractivity contribution >= 4 is 5.97 Å². The minimum atomic E-state index is -0.980. The van der Waals surface area contributed by atoms with Crippen LogP contribution in [0.15, 0.2) is 36.4 Å². The van der Waals surface area contributed by atoms with Crippen LogP contribution in [-0.4, -0.2) is 16.1 Å². The van der Waals surface area contributed by atoms with Crippen molar-refractivity contribution < 1.29 is 9.90 Å². The smallest absolute Gasteiger partial charge is 0.354 e. The predicted molar refractivity (Wildman–Crippen MR) is 75.4 cm³/mol. The molecule has 0 bridgehead atoms. The molecule has 1 aromatic heterocycles. The summed E-state index contributed by atoms with van der Waals surface area (Å²) in [6.07, 6.45) is 1.85. The highest BCUT2D eigenvalue weighted by Gasteiger charge is 2.10. The van der Waals surface area contributed by atoms with Gasteiger partial charge in [-0.05, 0) is 31.0 Å². The average molecular weight is 255 g/mol. The maximum Gasteiger partial charge on any atom is 0.354 e. The molecule has 1 N–H and O–H groups in total. The van der Waals surface area contributed by atoms with Crippen LogP contribution in [0.2, 0.25) is 0 Å². The molecular formula is C16H17NO2. The first-order valence-electron chi connectivity index (χ1n) is 6.41. The fraction of sp³-hybridized carbons (Fsp3) is 0.250. The van der Waals surface area contributed by atoms with Crippen LogP contribution in [-0.2, 0) is 6.42 Å². The third-order valence-electron chi connectivity index (χ3n) is 2.99. The van der Waals surface area contributed by atoms with E-state index in [1.807, 2.05) is 37.3 Å². The number of carboxylic acids is 1. The second kappa shape index (κ2) is 5.65. The fourth-order valence-electron chi connectivity index (χ4n) is 2.00. The molecule has 0 aliphatic carbocycles. The maximum atomic E-state index is 11.1. The summed E-state index contributed by atoms with van der Waals surface area (Å²) in [4.78, 5) is 15.3. The van der Waals surface area contributed by atoms with Crippen LogP contribution in [0.4, 0.5) is 0 Å². The SMILES string of the molecule is CCCc1cc(C(=O)O)nc(-c2ccc(C)cc2)c1. The normalized spacial score (nSPS) is 10.4. The molecule has 0 radical (unpaired) electrons. The Morgan fingerprint density at radius 3 is 2.47 bits per heavy atom. The molecule has 0 saturated heterocycles. The van der Waals surface area contributed by atoms with E-state index in [1.165, 1.54) is 5.56 Å². The number of aryl methyl sites for hydroxylation is 2. The van der Waals surface area contributed by atoms with E-state index in [9.17, 15) is 4.79 Å². The summed E-state index contributed by atoms with van der Waals surface area (Å²) in [5.74, 6) is -0.980. The van der Waals surface area contributed by atoms with E-state index in [-0.39, 0.29) is 5.69 Å². The van der Waals surface area contributed by atoms with Gasteiger partial charge in [-0.1, -0.05) is 43.2 Å². The summed E-state index contributed by atoms with van der Waals surface area (Å²) >= 11 is 0. The Hall–Kier alpha value is -2.16. The summed E-state index contributed by atoms with van der Waals surface area (Å²) in [5.41, 5.74) is 3.98. The largest absolute Gasteiger partial charge is 0.477 e. The number of hydrogen-bond donors (Lipinski definition) is 1. The molecule has 0 aliphatic heterocycles. The first-order valence-corrected chi connectivity index (χ1v) is 6.41. The van der Waals surface area contributed by atoms with E-state index in [0.717, 1.165) is 29.7 Å². The number of rotatable bonds is 4. The molecule has 0 aliphatic rings. The van der Waals surface area contributed by atoms with Crippen molar-refractivity contribution in [2.24, 2.45) is 0 Å². The topological polar surface area (TPSA) is 50.2 Å². The Bertz CT molecular complexity index is 588. The van der Waals surface area contributed by atoms with Gasteiger partial charge in [-0.25, -0.2) is 9.78 Å². The molecule has 0 saturated carbocycles. The molecule has 3 heteroatoms. The van der Waals surface area contributed by atoms with Crippen LogP contribution in [0.1, 0.15) is 35.0 Å². The number of aromatic carboxylic acids is 1. The Morgan fingerprint density at radius 1 is 1.21 bits per heavy atom. The lowest BCUT2D eigenvalue weighted by molar-refractivity contribution is 0.0690. The molecule has 0 amide bonds. The van der Waals surface area contributed by atoms with Gasteiger partial charge in [0.05, 0.1) is 5.69 Å². The Morgan fingerprint density at radius 2 is 1.89 bits per heavy atom. The van der Waals surface area contributed by atoms with Crippen LogP contribution in [0, 0.1) is 6.92 Å². The third-order valence-corrected chi connectivity index (χ3v) is 2.99. The van der Waals surface area contributed by atoms with Gasteiger partial charge in [0.25, 0.3) is 0 Å². The lowest BCUT2D eigenvalue weighted by atomic mass is 10.0. The zero-order valence-electron chi connectivity index (χ0n) is 11.2. The molecule has 2 aromatic rings. The van der Waals surface area contributed by atoms with Crippen molar-refractivity contribution in [3.05, 3.63) is 53.2 Å². The van der Waals surface area contributed by atoms with Crippen LogP contribution in [0.5, 0.6) is 0 Å². The molecule has 0 spiro atoms. The number of carboxylic acid groups (broad SMARTS) is 1.